The van der Waals surface area contributed by atoms with Crippen LogP contribution in [0.4, 0.5) is 5.69 Å². The molecule has 0 bridgehead atoms. The lowest BCUT2D eigenvalue weighted by atomic mass is 10.1. The van der Waals surface area contributed by atoms with Crippen LogP contribution in [0.25, 0.3) is 0 Å². The molecule has 0 spiro atoms. The zero-order chi connectivity index (χ0) is 8.97. The first-order valence-electron chi connectivity index (χ1n) is 3.79. The number of hydrogen-bond donors (Lipinski definition) is 1. The highest BCUT2D eigenvalue weighted by molar-refractivity contribution is 6.00. The first-order valence-corrected chi connectivity index (χ1v) is 3.79. The number of rotatable bonds is 3. The second-order valence-electron chi connectivity index (χ2n) is 2.41. The van der Waals surface area contributed by atoms with E-state index in [9.17, 15) is 4.79 Å². The molecule has 1 rings (SSSR count). The molecule has 0 fully saturated rings. The fourth-order valence-electron chi connectivity index (χ4n) is 0.997. The lowest BCUT2D eigenvalue weighted by Crippen LogP contribution is -1.95. The SMILES string of the molecule is CCC(=O)c1ccccc1N=N. The average molecular weight is 162 g/mol. The van der Waals surface area contributed by atoms with Gasteiger partial charge in [-0.25, -0.2) is 5.53 Å². The highest BCUT2D eigenvalue weighted by atomic mass is 16.1. The van der Waals surface area contributed by atoms with Gasteiger partial charge in [-0.15, -0.1) is 0 Å². The van der Waals surface area contributed by atoms with Crippen LogP contribution in [0.1, 0.15) is 23.7 Å². The number of nitrogens with one attached hydrogen (secondary N) is 1. The number of hydrogen-bond acceptors (Lipinski definition) is 3. The van der Waals surface area contributed by atoms with E-state index in [2.05, 4.69) is 5.11 Å². The molecule has 1 aromatic rings. The Kier molecular flexibility index (Phi) is 2.69. The van der Waals surface area contributed by atoms with Crippen molar-refractivity contribution in [2.24, 2.45) is 5.11 Å². The van der Waals surface area contributed by atoms with E-state index in [1.807, 2.05) is 0 Å². The third kappa shape index (κ3) is 1.56. The molecule has 0 aliphatic carbocycles. The number of carbonyl (C=O) groups excluding carboxylic acids is 1. The Morgan fingerprint density at radius 1 is 1.50 bits per heavy atom. The van der Waals surface area contributed by atoms with E-state index in [1.165, 1.54) is 0 Å². The number of benzene rings is 1. The van der Waals surface area contributed by atoms with Gasteiger partial charge in [0.05, 0.1) is 5.69 Å². The standard InChI is InChI=1S/C9H10N2O/c1-2-9(12)7-5-3-4-6-8(7)11-10/h3-6,10H,2H2,1H3. The second kappa shape index (κ2) is 3.76. The number of carbonyl (C=O) groups is 1. The maximum atomic E-state index is 11.2. The summed E-state index contributed by atoms with van der Waals surface area (Å²) >= 11 is 0. The molecule has 1 N–H and O–H groups in total. The van der Waals surface area contributed by atoms with E-state index in [0.29, 0.717) is 17.7 Å². The van der Waals surface area contributed by atoms with Crippen LogP contribution in [-0.4, -0.2) is 5.78 Å². The number of para-hydroxylation sites is 1. The maximum Gasteiger partial charge on any atom is 0.164 e. The molecule has 0 atom stereocenters. The van der Waals surface area contributed by atoms with Crippen molar-refractivity contribution >= 4 is 11.5 Å². The average Bonchev–Trinajstić information content (AvgIpc) is 2.16. The van der Waals surface area contributed by atoms with Gasteiger partial charge in [-0.2, -0.15) is 5.11 Å². The molecule has 0 aliphatic rings. The molecule has 1 aromatic carbocycles. The lowest BCUT2D eigenvalue weighted by molar-refractivity contribution is 0.0989. The van der Waals surface area contributed by atoms with Gasteiger partial charge in [-0.1, -0.05) is 19.1 Å². The largest absolute Gasteiger partial charge is 0.294 e. The van der Waals surface area contributed by atoms with E-state index in [4.69, 9.17) is 5.53 Å². The first kappa shape index (κ1) is 8.59. The van der Waals surface area contributed by atoms with Gasteiger partial charge in [0.25, 0.3) is 0 Å². The van der Waals surface area contributed by atoms with Crippen LogP contribution >= 0.6 is 0 Å². The molecule has 0 amide bonds. The van der Waals surface area contributed by atoms with Gasteiger partial charge in [-0.3, -0.25) is 4.79 Å². The molecule has 0 aromatic heterocycles. The first-order chi connectivity index (χ1) is 5.79. The van der Waals surface area contributed by atoms with Gasteiger partial charge in [-0.05, 0) is 12.1 Å². The van der Waals surface area contributed by atoms with Crippen LogP contribution < -0.4 is 0 Å². The third-order valence-corrected chi connectivity index (χ3v) is 1.65. The van der Waals surface area contributed by atoms with Gasteiger partial charge >= 0.3 is 0 Å². The molecule has 0 aliphatic heterocycles. The predicted molar refractivity (Wildman–Crippen MR) is 45.9 cm³/mol. The summed E-state index contributed by atoms with van der Waals surface area (Å²) in [5.41, 5.74) is 7.81. The highest BCUT2D eigenvalue weighted by Crippen LogP contribution is 2.19. The van der Waals surface area contributed by atoms with Crippen molar-refractivity contribution in [3.8, 4) is 0 Å². The van der Waals surface area contributed by atoms with E-state index in [-0.39, 0.29) is 5.78 Å². The van der Waals surface area contributed by atoms with Gasteiger partial charge < -0.3 is 0 Å². The number of Topliss-reactive ketones (excluding diaryl/α,β-unsaturated/α-hetero) is 1. The van der Waals surface area contributed by atoms with Crippen LogP contribution in [0, 0.1) is 5.53 Å². The fourth-order valence-corrected chi connectivity index (χ4v) is 0.997. The zero-order valence-electron chi connectivity index (χ0n) is 6.87. The third-order valence-electron chi connectivity index (χ3n) is 1.65. The Labute approximate surface area is 70.9 Å². The minimum absolute atomic E-state index is 0.0293. The molecule has 3 heteroatoms. The summed E-state index contributed by atoms with van der Waals surface area (Å²) in [6.07, 6.45) is 0.451. The van der Waals surface area contributed by atoms with Crippen molar-refractivity contribution in [2.45, 2.75) is 13.3 Å². The Morgan fingerprint density at radius 3 is 2.75 bits per heavy atom. The van der Waals surface area contributed by atoms with Crippen LogP contribution in [0.15, 0.2) is 29.4 Å². The number of nitrogens with zero attached hydrogens (tertiary/aromatic N) is 1. The predicted octanol–water partition coefficient (Wildman–Crippen LogP) is 2.94. The summed E-state index contributed by atoms with van der Waals surface area (Å²) in [5, 5.41) is 3.27. The van der Waals surface area contributed by atoms with Crippen molar-refractivity contribution in [1.82, 2.24) is 0 Å². The van der Waals surface area contributed by atoms with Crippen LogP contribution in [0.2, 0.25) is 0 Å². The molecule has 12 heavy (non-hydrogen) atoms. The molecule has 0 radical (unpaired) electrons. The molecule has 0 unspecified atom stereocenters. The summed E-state index contributed by atoms with van der Waals surface area (Å²) in [5.74, 6) is 0.0293. The molecule has 0 heterocycles. The maximum absolute atomic E-state index is 11.2. The van der Waals surface area contributed by atoms with Crippen LogP contribution in [0.3, 0.4) is 0 Å². The Balaban J connectivity index is 3.13. The van der Waals surface area contributed by atoms with Crippen LogP contribution in [0.5, 0.6) is 0 Å². The smallest absolute Gasteiger partial charge is 0.164 e. The minimum atomic E-state index is 0.0293. The van der Waals surface area contributed by atoms with E-state index < -0.39 is 0 Å². The molecule has 0 saturated heterocycles. The number of ketones is 1. The minimum Gasteiger partial charge on any atom is -0.294 e. The van der Waals surface area contributed by atoms with Gasteiger partial charge in [0, 0.05) is 12.0 Å². The summed E-state index contributed by atoms with van der Waals surface area (Å²) in [7, 11) is 0. The molecule has 0 saturated carbocycles. The summed E-state index contributed by atoms with van der Waals surface area (Å²) in [6, 6.07) is 6.90. The molecule has 62 valence electrons. The Bertz CT molecular complexity index is 307. The Hall–Kier alpha value is -1.51. The van der Waals surface area contributed by atoms with Gasteiger partial charge in [0.2, 0.25) is 0 Å². The highest BCUT2D eigenvalue weighted by Gasteiger charge is 2.06. The quantitative estimate of drug-likeness (QED) is 0.539. The summed E-state index contributed by atoms with van der Waals surface area (Å²) < 4.78 is 0. The topological polar surface area (TPSA) is 53.3 Å². The van der Waals surface area contributed by atoms with Crippen molar-refractivity contribution in [1.29, 1.82) is 5.53 Å². The fraction of sp³-hybridized carbons (Fsp3) is 0.222. The molecular weight excluding hydrogens is 152 g/mol. The lowest BCUT2D eigenvalue weighted by Gasteiger charge is -1.99. The van der Waals surface area contributed by atoms with Gasteiger partial charge in [0.15, 0.2) is 5.78 Å². The zero-order valence-corrected chi connectivity index (χ0v) is 6.87. The van der Waals surface area contributed by atoms with Crippen molar-refractivity contribution in [3.63, 3.8) is 0 Å². The van der Waals surface area contributed by atoms with E-state index in [0.717, 1.165) is 0 Å². The van der Waals surface area contributed by atoms with Crippen molar-refractivity contribution < 1.29 is 4.79 Å². The monoisotopic (exact) mass is 162 g/mol. The molecular formula is C9H10N2O. The molecule has 3 nitrogen and oxygen atoms in total. The van der Waals surface area contributed by atoms with Crippen LogP contribution in [-0.2, 0) is 0 Å². The van der Waals surface area contributed by atoms with Gasteiger partial charge in [0.1, 0.15) is 0 Å². The van der Waals surface area contributed by atoms with Crippen molar-refractivity contribution in [2.75, 3.05) is 0 Å². The van der Waals surface area contributed by atoms with E-state index >= 15 is 0 Å². The van der Waals surface area contributed by atoms with E-state index in [1.54, 1.807) is 31.2 Å². The summed E-state index contributed by atoms with van der Waals surface area (Å²) in [6.45, 7) is 1.79. The van der Waals surface area contributed by atoms with Crippen molar-refractivity contribution in [3.05, 3.63) is 29.8 Å². The Morgan fingerprint density at radius 2 is 2.17 bits per heavy atom. The summed E-state index contributed by atoms with van der Waals surface area (Å²) in [4.78, 5) is 11.2. The second-order valence-corrected chi connectivity index (χ2v) is 2.41. The normalized spacial score (nSPS) is 9.42.